The van der Waals surface area contributed by atoms with Crippen molar-refractivity contribution in [2.24, 2.45) is 5.92 Å². The van der Waals surface area contributed by atoms with Crippen molar-refractivity contribution >= 4 is 18.0 Å². The van der Waals surface area contributed by atoms with Crippen LogP contribution in [0.2, 0.25) is 0 Å². The lowest BCUT2D eigenvalue weighted by atomic mass is 10.1. The fourth-order valence-corrected chi connectivity index (χ4v) is 3.59. The predicted octanol–water partition coefficient (Wildman–Crippen LogP) is 2.85. The minimum atomic E-state index is -0.788. The van der Waals surface area contributed by atoms with E-state index in [4.69, 9.17) is 9.47 Å². The van der Waals surface area contributed by atoms with Gasteiger partial charge in [0.25, 0.3) is 5.91 Å². The van der Waals surface area contributed by atoms with Crippen LogP contribution in [-0.4, -0.2) is 53.2 Å². The van der Waals surface area contributed by atoms with Gasteiger partial charge in [-0.2, -0.15) is 5.26 Å². The van der Waals surface area contributed by atoms with Crippen LogP contribution in [0.5, 0.6) is 0 Å². The van der Waals surface area contributed by atoms with Crippen molar-refractivity contribution in [2.45, 2.75) is 60.3 Å². The molecule has 1 aromatic rings. The summed E-state index contributed by atoms with van der Waals surface area (Å²) in [6, 6.07) is 3.85. The molecule has 7 heteroatoms. The molecule has 0 N–H and O–H groups in total. The molecule has 0 aliphatic carbocycles. The molecule has 1 aromatic heterocycles. The summed E-state index contributed by atoms with van der Waals surface area (Å²) >= 11 is 0. The Morgan fingerprint density at radius 3 is 2.48 bits per heavy atom. The van der Waals surface area contributed by atoms with Gasteiger partial charge in [-0.3, -0.25) is 4.79 Å². The number of hydrogen-bond acceptors (Lipinski definition) is 5. The SMILES string of the molecule is Cc1cc(/C=C(\C#N)C(=O)OCC(=O)N2C[C@H](C)O[C@@H](C)C2)c(C)n1CC(C)C. The zero-order valence-corrected chi connectivity index (χ0v) is 18.2. The first-order valence-corrected chi connectivity index (χ1v) is 10.0. The summed E-state index contributed by atoms with van der Waals surface area (Å²) in [4.78, 5) is 26.3. The molecule has 0 unspecified atom stereocenters. The molecule has 0 saturated carbocycles. The van der Waals surface area contributed by atoms with Gasteiger partial charge in [-0.25, -0.2) is 4.79 Å². The highest BCUT2D eigenvalue weighted by molar-refractivity contribution is 5.99. The van der Waals surface area contributed by atoms with Crippen molar-refractivity contribution in [2.75, 3.05) is 19.7 Å². The molecule has 0 radical (unpaired) electrons. The first kappa shape index (κ1) is 22.7. The Morgan fingerprint density at radius 1 is 1.31 bits per heavy atom. The van der Waals surface area contributed by atoms with Crippen LogP contribution in [0, 0.1) is 31.1 Å². The molecular formula is C22H31N3O4. The first-order chi connectivity index (χ1) is 13.6. The standard InChI is InChI=1S/C22H31N3O4/c1-14(2)10-25-15(3)7-19(18(25)6)8-20(9-23)22(27)28-13-21(26)24-11-16(4)29-17(5)12-24/h7-8,14,16-17H,10-13H2,1-6H3/b20-8+/t16-,17-/m0/s1. The van der Waals surface area contributed by atoms with Gasteiger partial charge in [0.15, 0.2) is 6.61 Å². The number of hydrogen-bond donors (Lipinski definition) is 0. The number of esters is 1. The summed E-state index contributed by atoms with van der Waals surface area (Å²) in [7, 11) is 0. The maximum atomic E-state index is 12.4. The van der Waals surface area contributed by atoms with Gasteiger partial charge in [-0.1, -0.05) is 13.8 Å². The summed E-state index contributed by atoms with van der Waals surface area (Å²) in [6.07, 6.45) is 1.41. The Morgan fingerprint density at radius 2 is 1.93 bits per heavy atom. The average Bonchev–Trinajstić information content (AvgIpc) is 2.90. The number of aryl methyl sites for hydroxylation is 1. The molecule has 1 aliphatic rings. The predicted molar refractivity (Wildman–Crippen MR) is 110 cm³/mol. The normalized spacial score (nSPS) is 19.9. The molecule has 1 aliphatic heterocycles. The van der Waals surface area contributed by atoms with Crippen molar-refractivity contribution in [1.29, 1.82) is 5.26 Å². The van der Waals surface area contributed by atoms with Crippen molar-refractivity contribution < 1.29 is 19.1 Å². The fourth-order valence-electron chi connectivity index (χ4n) is 3.59. The van der Waals surface area contributed by atoms with E-state index in [1.54, 1.807) is 4.90 Å². The average molecular weight is 402 g/mol. The van der Waals surface area contributed by atoms with Gasteiger partial charge in [0.05, 0.1) is 12.2 Å². The summed E-state index contributed by atoms with van der Waals surface area (Å²) in [6.45, 7) is 13.4. The van der Waals surface area contributed by atoms with E-state index in [9.17, 15) is 14.9 Å². The molecule has 1 amide bonds. The number of carbonyl (C=O) groups is 2. The van der Waals surface area contributed by atoms with Crippen LogP contribution in [0.4, 0.5) is 0 Å². The van der Waals surface area contributed by atoms with E-state index in [1.165, 1.54) is 6.08 Å². The highest BCUT2D eigenvalue weighted by Gasteiger charge is 2.26. The molecule has 29 heavy (non-hydrogen) atoms. The number of nitriles is 1. The third kappa shape index (κ3) is 5.94. The maximum absolute atomic E-state index is 12.4. The van der Waals surface area contributed by atoms with Gasteiger partial charge in [0.1, 0.15) is 11.6 Å². The van der Waals surface area contributed by atoms with Crippen LogP contribution >= 0.6 is 0 Å². The van der Waals surface area contributed by atoms with Crippen LogP contribution in [0.3, 0.4) is 0 Å². The molecule has 0 bridgehead atoms. The number of rotatable bonds is 6. The Labute approximate surface area is 172 Å². The Bertz CT molecular complexity index is 822. The van der Waals surface area contributed by atoms with Crippen molar-refractivity contribution in [3.63, 3.8) is 0 Å². The smallest absolute Gasteiger partial charge is 0.349 e. The number of amides is 1. The molecule has 1 saturated heterocycles. The second-order valence-corrected chi connectivity index (χ2v) is 8.13. The van der Waals surface area contributed by atoms with Gasteiger partial charge >= 0.3 is 5.97 Å². The van der Waals surface area contributed by atoms with Crippen LogP contribution < -0.4 is 0 Å². The minimum Gasteiger partial charge on any atom is -0.451 e. The number of ether oxygens (including phenoxy) is 2. The Balaban J connectivity index is 2.05. The molecule has 1 fully saturated rings. The molecular weight excluding hydrogens is 370 g/mol. The van der Waals surface area contributed by atoms with E-state index in [1.807, 2.05) is 39.8 Å². The van der Waals surface area contributed by atoms with Gasteiger partial charge in [0.2, 0.25) is 0 Å². The van der Waals surface area contributed by atoms with E-state index in [2.05, 4.69) is 18.4 Å². The summed E-state index contributed by atoms with van der Waals surface area (Å²) in [5, 5.41) is 9.42. The number of nitrogens with zero attached hydrogens (tertiary/aromatic N) is 3. The Hall–Kier alpha value is -2.59. The van der Waals surface area contributed by atoms with Gasteiger partial charge < -0.3 is 18.9 Å². The van der Waals surface area contributed by atoms with E-state index in [0.29, 0.717) is 19.0 Å². The highest BCUT2D eigenvalue weighted by Crippen LogP contribution is 2.20. The second-order valence-electron chi connectivity index (χ2n) is 8.13. The van der Waals surface area contributed by atoms with E-state index in [-0.39, 0.29) is 30.3 Å². The van der Waals surface area contributed by atoms with Crippen LogP contribution in [0.15, 0.2) is 11.6 Å². The zero-order valence-electron chi connectivity index (χ0n) is 18.2. The molecule has 2 heterocycles. The number of aromatic nitrogens is 1. The number of morpholine rings is 1. The lowest BCUT2D eigenvalue weighted by Gasteiger charge is -2.35. The fraction of sp³-hybridized carbons (Fsp3) is 0.591. The monoisotopic (exact) mass is 401 g/mol. The van der Waals surface area contributed by atoms with Gasteiger partial charge in [0, 0.05) is 31.0 Å². The Kier molecular flexibility index (Phi) is 7.63. The largest absolute Gasteiger partial charge is 0.451 e. The molecule has 7 nitrogen and oxygen atoms in total. The topological polar surface area (TPSA) is 84.6 Å². The van der Waals surface area contributed by atoms with Gasteiger partial charge in [-0.15, -0.1) is 0 Å². The summed E-state index contributed by atoms with van der Waals surface area (Å²) in [5.74, 6) is -0.592. The van der Waals surface area contributed by atoms with E-state index in [0.717, 1.165) is 23.5 Å². The van der Waals surface area contributed by atoms with Crippen LogP contribution in [0.1, 0.15) is 44.6 Å². The number of carbonyl (C=O) groups excluding carboxylic acids is 2. The second kappa shape index (κ2) is 9.75. The zero-order chi connectivity index (χ0) is 21.7. The minimum absolute atomic E-state index is 0.0611. The quantitative estimate of drug-likeness (QED) is 0.416. The molecule has 2 rings (SSSR count). The van der Waals surface area contributed by atoms with Crippen molar-refractivity contribution in [1.82, 2.24) is 9.47 Å². The third-order valence-corrected chi connectivity index (χ3v) is 4.90. The maximum Gasteiger partial charge on any atom is 0.349 e. The van der Waals surface area contributed by atoms with Crippen LogP contribution in [0.25, 0.3) is 6.08 Å². The molecule has 2 atom stereocenters. The van der Waals surface area contributed by atoms with Crippen molar-refractivity contribution in [3.8, 4) is 6.07 Å². The first-order valence-electron chi connectivity index (χ1n) is 10.0. The lowest BCUT2D eigenvalue weighted by Crippen LogP contribution is -2.49. The molecule has 158 valence electrons. The van der Waals surface area contributed by atoms with Gasteiger partial charge in [-0.05, 0) is 51.3 Å². The molecule has 0 spiro atoms. The lowest BCUT2D eigenvalue weighted by molar-refractivity contribution is -0.154. The van der Waals surface area contributed by atoms with E-state index < -0.39 is 5.97 Å². The third-order valence-electron chi connectivity index (χ3n) is 4.90. The van der Waals surface area contributed by atoms with E-state index >= 15 is 0 Å². The summed E-state index contributed by atoms with van der Waals surface area (Å²) in [5.41, 5.74) is 2.74. The summed E-state index contributed by atoms with van der Waals surface area (Å²) < 4.78 is 12.9. The highest BCUT2D eigenvalue weighted by atomic mass is 16.5. The van der Waals surface area contributed by atoms with Crippen molar-refractivity contribution in [3.05, 3.63) is 28.6 Å². The van der Waals surface area contributed by atoms with Crippen LogP contribution in [-0.2, 0) is 25.6 Å². The molecule has 0 aromatic carbocycles.